The maximum atomic E-state index is 11.2. The molecule has 0 saturated heterocycles. The van der Waals surface area contributed by atoms with Gasteiger partial charge in [-0.05, 0) is 34.1 Å². The Morgan fingerprint density at radius 3 is 2.04 bits per heavy atom. The number of hydrogen-bond acceptors (Lipinski definition) is 2. The third-order valence-electron chi connectivity index (χ3n) is 3.63. The van der Waals surface area contributed by atoms with E-state index < -0.39 is 21.0 Å². The van der Waals surface area contributed by atoms with Crippen molar-refractivity contribution in [2.75, 3.05) is 0 Å². The fraction of sp³-hybridized carbons (Fsp3) is 0.250. The van der Waals surface area contributed by atoms with Gasteiger partial charge < -0.3 is 9.79 Å². The largest absolute Gasteiger partial charge is 0.521 e. The van der Waals surface area contributed by atoms with E-state index in [-0.39, 0.29) is 6.42 Å². The molecule has 0 aliphatic carbocycles. The molecule has 0 heterocycles. The predicted molar refractivity (Wildman–Crippen MR) is 90.5 cm³/mol. The second-order valence-electron chi connectivity index (χ2n) is 5.33. The van der Waals surface area contributed by atoms with E-state index in [9.17, 15) is 9.13 Å². The number of aryl methyl sites for hydroxylation is 1. The lowest BCUT2D eigenvalue weighted by Crippen LogP contribution is -2.04. The maximum Gasteiger partial charge on any atom is 0.521 e. The maximum absolute atomic E-state index is 11.2. The van der Waals surface area contributed by atoms with E-state index in [1.807, 2.05) is 54.6 Å². The van der Waals surface area contributed by atoms with Gasteiger partial charge in [0, 0.05) is 6.42 Å². The molecule has 7 heteroatoms. The average Bonchev–Trinajstić information content (AvgIpc) is 2.51. The van der Waals surface area contributed by atoms with Gasteiger partial charge in [-0.25, -0.2) is 0 Å². The van der Waals surface area contributed by atoms with Gasteiger partial charge in [0.15, 0.2) is 0 Å². The molecule has 0 aliphatic rings. The van der Waals surface area contributed by atoms with Crippen LogP contribution in [-0.2, 0) is 15.6 Å². The lowest BCUT2D eigenvalue weighted by atomic mass is 10.0. The Labute approximate surface area is 136 Å². The molecular formula is C16H19O5P2+. The lowest BCUT2D eigenvalue weighted by molar-refractivity contribution is 0.362. The SMILES string of the molecule is O=[P+](O)C(CCCc1ccc(-c2ccccc2)cc1)P(=O)(O)O. The molecule has 0 bridgehead atoms. The summed E-state index contributed by atoms with van der Waals surface area (Å²) in [5.74, 6) is 0. The van der Waals surface area contributed by atoms with Crippen LogP contribution in [0.4, 0.5) is 0 Å². The number of hydrogen-bond donors (Lipinski definition) is 3. The second-order valence-corrected chi connectivity index (χ2v) is 8.76. The first-order valence-electron chi connectivity index (χ1n) is 7.23. The van der Waals surface area contributed by atoms with Crippen molar-refractivity contribution in [3.63, 3.8) is 0 Å². The predicted octanol–water partition coefficient (Wildman–Crippen LogP) is 3.91. The summed E-state index contributed by atoms with van der Waals surface area (Å²) in [5, 5.41) is -1.47. The van der Waals surface area contributed by atoms with E-state index in [0.29, 0.717) is 12.8 Å². The normalized spacial score (nSPS) is 13.6. The van der Waals surface area contributed by atoms with Crippen LogP contribution in [0.15, 0.2) is 54.6 Å². The van der Waals surface area contributed by atoms with Gasteiger partial charge in [-0.3, -0.25) is 4.57 Å². The van der Waals surface area contributed by atoms with E-state index in [1.165, 1.54) is 0 Å². The summed E-state index contributed by atoms with van der Waals surface area (Å²) in [7, 11) is -7.42. The number of benzene rings is 2. The van der Waals surface area contributed by atoms with E-state index in [0.717, 1.165) is 16.7 Å². The van der Waals surface area contributed by atoms with Crippen LogP contribution in [0.2, 0.25) is 0 Å². The van der Waals surface area contributed by atoms with Crippen LogP contribution in [0, 0.1) is 0 Å². The van der Waals surface area contributed by atoms with Gasteiger partial charge in [-0.2, -0.15) is 4.89 Å². The van der Waals surface area contributed by atoms with Crippen molar-refractivity contribution in [3.8, 4) is 11.1 Å². The van der Waals surface area contributed by atoms with Crippen molar-refractivity contribution in [1.82, 2.24) is 0 Å². The zero-order valence-electron chi connectivity index (χ0n) is 12.4. The first kappa shape index (κ1) is 18.0. The summed E-state index contributed by atoms with van der Waals surface area (Å²) in [6.07, 6.45) is 1.08. The molecule has 0 saturated carbocycles. The minimum atomic E-state index is -4.53. The molecule has 2 rings (SSSR count). The Bertz CT molecular complexity index is 694. The molecule has 2 atom stereocenters. The van der Waals surface area contributed by atoms with Gasteiger partial charge in [-0.1, -0.05) is 54.6 Å². The van der Waals surface area contributed by atoms with Crippen LogP contribution in [-0.4, -0.2) is 20.1 Å². The van der Waals surface area contributed by atoms with Crippen LogP contribution >= 0.6 is 15.6 Å². The van der Waals surface area contributed by atoms with Gasteiger partial charge >= 0.3 is 15.6 Å². The molecule has 122 valence electrons. The Morgan fingerprint density at radius 2 is 1.52 bits per heavy atom. The van der Waals surface area contributed by atoms with Crippen LogP contribution in [0.1, 0.15) is 18.4 Å². The molecule has 0 aliphatic heterocycles. The van der Waals surface area contributed by atoms with Gasteiger partial charge in [0.05, 0.1) is 0 Å². The molecule has 0 amide bonds. The molecule has 2 aromatic carbocycles. The highest BCUT2D eigenvalue weighted by Gasteiger charge is 2.44. The van der Waals surface area contributed by atoms with Crippen LogP contribution in [0.5, 0.6) is 0 Å². The molecule has 0 spiro atoms. The van der Waals surface area contributed by atoms with Crippen molar-refractivity contribution in [2.24, 2.45) is 0 Å². The zero-order chi connectivity index (χ0) is 16.9. The average molecular weight is 353 g/mol. The van der Waals surface area contributed by atoms with Crippen molar-refractivity contribution in [1.29, 1.82) is 0 Å². The minimum Gasteiger partial charge on any atom is -0.321 e. The Kier molecular flexibility index (Phi) is 6.23. The van der Waals surface area contributed by atoms with Gasteiger partial charge in [0.25, 0.3) is 5.40 Å². The van der Waals surface area contributed by atoms with Crippen molar-refractivity contribution >= 4 is 15.6 Å². The smallest absolute Gasteiger partial charge is 0.321 e. The van der Waals surface area contributed by atoms with E-state index >= 15 is 0 Å². The molecule has 23 heavy (non-hydrogen) atoms. The van der Waals surface area contributed by atoms with Crippen molar-refractivity contribution in [3.05, 3.63) is 60.2 Å². The van der Waals surface area contributed by atoms with Crippen LogP contribution in [0.3, 0.4) is 0 Å². The molecular weight excluding hydrogens is 334 g/mol. The molecule has 5 nitrogen and oxygen atoms in total. The highest BCUT2D eigenvalue weighted by molar-refractivity contribution is 7.65. The summed E-state index contributed by atoms with van der Waals surface area (Å²) < 4.78 is 22.2. The van der Waals surface area contributed by atoms with Crippen LogP contribution < -0.4 is 0 Å². The molecule has 2 unspecified atom stereocenters. The van der Waals surface area contributed by atoms with E-state index in [4.69, 9.17) is 14.7 Å². The standard InChI is InChI=1S/C16H18O5P2/c17-22(18)16(23(19,20)21)8-4-5-13-9-11-15(12-10-13)14-6-2-1-3-7-14/h1-3,6-7,9-12,16H,4-5,8H2,(H2-,17,18,19,20,21)/p+1. The number of rotatable bonds is 7. The summed E-state index contributed by atoms with van der Waals surface area (Å²) in [5.41, 5.74) is 3.25. The fourth-order valence-electron chi connectivity index (χ4n) is 2.39. The summed E-state index contributed by atoms with van der Waals surface area (Å²) in [6.45, 7) is 0. The molecule has 0 fully saturated rings. The third kappa shape index (κ3) is 5.35. The van der Waals surface area contributed by atoms with Gasteiger partial charge in [-0.15, -0.1) is 0 Å². The topological polar surface area (TPSA) is 94.8 Å². The monoisotopic (exact) mass is 353 g/mol. The summed E-state index contributed by atoms with van der Waals surface area (Å²) >= 11 is 0. The van der Waals surface area contributed by atoms with E-state index in [2.05, 4.69) is 0 Å². The highest BCUT2D eigenvalue weighted by Crippen LogP contribution is 2.53. The van der Waals surface area contributed by atoms with Gasteiger partial charge in [0.1, 0.15) is 0 Å². The lowest BCUT2D eigenvalue weighted by Gasteiger charge is -2.08. The fourth-order valence-corrected chi connectivity index (χ4v) is 4.34. The van der Waals surface area contributed by atoms with E-state index in [1.54, 1.807) is 0 Å². The summed E-state index contributed by atoms with van der Waals surface area (Å²) in [6, 6.07) is 17.9. The highest BCUT2D eigenvalue weighted by atomic mass is 31.2. The Morgan fingerprint density at radius 1 is 0.957 bits per heavy atom. The van der Waals surface area contributed by atoms with Gasteiger partial charge in [0.2, 0.25) is 0 Å². The first-order valence-corrected chi connectivity index (χ1v) is 10.2. The van der Waals surface area contributed by atoms with Crippen molar-refractivity contribution in [2.45, 2.75) is 24.7 Å². The molecule has 0 aromatic heterocycles. The minimum absolute atomic E-state index is 0.0242. The van der Waals surface area contributed by atoms with Crippen LogP contribution in [0.25, 0.3) is 11.1 Å². The third-order valence-corrected chi connectivity index (χ3v) is 6.93. The molecule has 3 N–H and O–H groups in total. The Hall–Kier alpha value is -1.35. The second kappa shape index (κ2) is 7.96. The Balaban J connectivity index is 1.94. The van der Waals surface area contributed by atoms with Crippen molar-refractivity contribution < 1.29 is 23.8 Å². The molecule has 0 radical (unpaired) electrons. The molecule has 2 aromatic rings. The summed E-state index contributed by atoms with van der Waals surface area (Å²) in [4.78, 5) is 27.2. The quantitative estimate of drug-likeness (QED) is 0.656. The first-order chi connectivity index (χ1) is 10.9. The zero-order valence-corrected chi connectivity index (χ0v) is 14.2.